The van der Waals surface area contributed by atoms with Crippen LogP contribution in [0.4, 0.5) is 0 Å². The lowest BCUT2D eigenvalue weighted by atomic mass is 9.99. The summed E-state index contributed by atoms with van der Waals surface area (Å²) in [6.45, 7) is 2.07. The predicted octanol–water partition coefficient (Wildman–Crippen LogP) is 3.48. The van der Waals surface area contributed by atoms with Gasteiger partial charge in [-0.25, -0.2) is 0 Å². The molecule has 0 saturated carbocycles. The molecule has 3 aromatic rings. The van der Waals surface area contributed by atoms with E-state index in [1.54, 1.807) is 0 Å². The van der Waals surface area contributed by atoms with Crippen LogP contribution >= 0.6 is 0 Å². The number of nitrogens with two attached hydrogens (primary N) is 1. The van der Waals surface area contributed by atoms with Crippen molar-refractivity contribution in [1.29, 1.82) is 0 Å². The molecule has 5 heteroatoms. The largest absolute Gasteiger partial charge is 0.461 e. The Hall–Kier alpha value is -3.18. The van der Waals surface area contributed by atoms with Crippen LogP contribution in [0.25, 0.3) is 10.8 Å². The minimum atomic E-state index is -0.958. The van der Waals surface area contributed by atoms with Crippen molar-refractivity contribution in [2.45, 2.75) is 32.0 Å². The Kier molecular flexibility index (Phi) is 6.40. The molecular weight excluding hydrogens is 352 g/mol. The van der Waals surface area contributed by atoms with E-state index < -0.39 is 12.0 Å². The van der Waals surface area contributed by atoms with Crippen molar-refractivity contribution in [3.8, 4) is 0 Å². The van der Waals surface area contributed by atoms with Gasteiger partial charge in [-0.3, -0.25) is 9.59 Å². The fraction of sp³-hybridized carbons (Fsp3) is 0.217. The van der Waals surface area contributed by atoms with Crippen molar-refractivity contribution in [1.82, 2.24) is 5.32 Å². The fourth-order valence-electron chi connectivity index (χ4n) is 3.10. The first-order valence-corrected chi connectivity index (χ1v) is 9.28. The highest BCUT2D eigenvalue weighted by atomic mass is 16.5. The molecule has 0 saturated heterocycles. The number of hydrogen-bond acceptors (Lipinski definition) is 4. The zero-order valence-corrected chi connectivity index (χ0v) is 15.8. The minimum absolute atomic E-state index is 0.166. The maximum Gasteiger partial charge on any atom is 0.308 e. The third-order valence-electron chi connectivity index (χ3n) is 4.61. The molecule has 3 N–H and O–H groups in total. The van der Waals surface area contributed by atoms with Crippen molar-refractivity contribution < 1.29 is 14.3 Å². The van der Waals surface area contributed by atoms with E-state index in [-0.39, 0.29) is 25.0 Å². The van der Waals surface area contributed by atoms with E-state index in [0.717, 1.165) is 21.9 Å². The van der Waals surface area contributed by atoms with Crippen LogP contribution in [-0.2, 0) is 20.9 Å². The molecule has 3 aromatic carbocycles. The van der Waals surface area contributed by atoms with Gasteiger partial charge in [0.05, 0.1) is 18.5 Å². The fourth-order valence-corrected chi connectivity index (χ4v) is 3.10. The van der Waals surface area contributed by atoms with Crippen LogP contribution in [0.1, 0.15) is 30.5 Å². The molecule has 0 aliphatic carbocycles. The quantitative estimate of drug-likeness (QED) is 0.619. The lowest BCUT2D eigenvalue weighted by Gasteiger charge is -2.19. The molecule has 0 aromatic heterocycles. The molecule has 0 spiro atoms. The monoisotopic (exact) mass is 376 g/mol. The van der Waals surface area contributed by atoms with Gasteiger partial charge in [-0.2, -0.15) is 0 Å². The molecule has 2 atom stereocenters. The van der Waals surface area contributed by atoms with Gasteiger partial charge in [0.15, 0.2) is 0 Å². The molecule has 3 rings (SSSR count). The number of benzene rings is 3. The second-order valence-corrected chi connectivity index (χ2v) is 6.76. The number of nitrogens with one attached hydrogen (secondary N) is 1. The van der Waals surface area contributed by atoms with Crippen LogP contribution in [0, 0.1) is 0 Å². The van der Waals surface area contributed by atoms with Gasteiger partial charge in [0.2, 0.25) is 5.91 Å². The van der Waals surface area contributed by atoms with Crippen LogP contribution in [-0.4, -0.2) is 17.9 Å². The highest BCUT2D eigenvalue weighted by Gasteiger charge is 2.21. The van der Waals surface area contributed by atoms with Gasteiger partial charge in [-0.05, 0) is 28.8 Å². The average Bonchev–Trinajstić information content (AvgIpc) is 2.72. The third kappa shape index (κ3) is 4.96. The summed E-state index contributed by atoms with van der Waals surface area (Å²) in [5, 5.41) is 5.08. The first kappa shape index (κ1) is 19.6. The zero-order chi connectivity index (χ0) is 19.9. The molecule has 0 heterocycles. The van der Waals surface area contributed by atoms with Gasteiger partial charge >= 0.3 is 5.97 Å². The predicted molar refractivity (Wildman–Crippen MR) is 109 cm³/mol. The van der Waals surface area contributed by atoms with Gasteiger partial charge in [-0.1, -0.05) is 72.8 Å². The number of amides is 1. The van der Waals surface area contributed by atoms with E-state index in [1.165, 1.54) is 0 Å². The normalized spacial score (nSPS) is 12.9. The third-order valence-corrected chi connectivity index (χ3v) is 4.61. The van der Waals surface area contributed by atoms with E-state index in [0.29, 0.717) is 0 Å². The molecule has 1 amide bonds. The molecule has 0 bridgehead atoms. The van der Waals surface area contributed by atoms with Crippen LogP contribution in [0.5, 0.6) is 0 Å². The molecule has 0 fully saturated rings. The number of ether oxygens (including phenoxy) is 1. The summed E-state index contributed by atoms with van der Waals surface area (Å²) in [5.41, 5.74) is 7.81. The van der Waals surface area contributed by atoms with Gasteiger partial charge in [0.1, 0.15) is 6.61 Å². The Morgan fingerprint density at radius 1 is 0.964 bits per heavy atom. The number of fused-ring (bicyclic) bond motifs is 1. The first-order valence-electron chi connectivity index (χ1n) is 9.28. The molecule has 0 aliphatic rings. The van der Waals surface area contributed by atoms with E-state index in [1.807, 2.05) is 79.7 Å². The highest BCUT2D eigenvalue weighted by Crippen LogP contribution is 2.24. The number of carbonyl (C=O) groups is 2. The summed E-state index contributed by atoms with van der Waals surface area (Å²) >= 11 is 0. The maximum atomic E-state index is 12.4. The molecule has 0 aliphatic heterocycles. The van der Waals surface area contributed by atoms with Gasteiger partial charge in [0.25, 0.3) is 0 Å². The summed E-state index contributed by atoms with van der Waals surface area (Å²) in [4.78, 5) is 24.4. The SMILES string of the molecule is C[C@H](NC(=O)[C@@H](N)CC(=O)OCc1ccccc1)c1cccc2ccccc12. The van der Waals surface area contributed by atoms with Gasteiger partial charge in [0, 0.05) is 0 Å². The van der Waals surface area contributed by atoms with Crippen molar-refractivity contribution in [3.05, 3.63) is 83.9 Å². The van der Waals surface area contributed by atoms with E-state index >= 15 is 0 Å². The van der Waals surface area contributed by atoms with Crippen molar-refractivity contribution in [2.75, 3.05) is 0 Å². The van der Waals surface area contributed by atoms with Crippen LogP contribution in [0.2, 0.25) is 0 Å². The summed E-state index contributed by atoms with van der Waals surface area (Å²) in [5.74, 6) is -0.874. The first-order chi connectivity index (χ1) is 13.5. The number of carbonyl (C=O) groups excluding carboxylic acids is 2. The number of rotatable bonds is 7. The molecular formula is C23H24N2O3. The average molecular weight is 376 g/mol. The topological polar surface area (TPSA) is 81.4 Å². The number of esters is 1. The van der Waals surface area contributed by atoms with Crippen LogP contribution in [0.3, 0.4) is 0 Å². The van der Waals surface area contributed by atoms with Crippen LogP contribution < -0.4 is 11.1 Å². The van der Waals surface area contributed by atoms with Crippen LogP contribution in [0.15, 0.2) is 72.8 Å². The lowest BCUT2D eigenvalue weighted by Crippen LogP contribution is -2.43. The lowest BCUT2D eigenvalue weighted by molar-refractivity contribution is -0.146. The second kappa shape index (κ2) is 9.15. The van der Waals surface area contributed by atoms with Gasteiger partial charge < -0.3 is 15.8 Å². The van der Waals surface area contributed by atoms with E-state index in [2.05, 4.69) is 5.32 Å². The Bertz CT molecular complexity index is 951. The Morgan fingerprint density at radius 2 is 1.64 bits per heavy atom. The smallest absolute Gasteiger partial charge is 0.308 e. The molecule has 5 nitrogen and oxygen atoms in total. The molecule has 0 radical (unpaired) electrons. The Labute approximate surface area is 164 Å². The van der Waals surface area contributed by atoms with Gasteiger partial charge in [-0.15, -0.1) is 0 Å². The second-order valence-electron chi connectivity index (χ2n) is 6.76. The Morgan fingerprint density at radius 3 is 2.43 bits per heavy atom. The molecule has 0 unspecified atom stereocenters. The minimum Gasteiger partial charge on any atom is -0.461 e. The molecule has 144 valence electrons. The number of hydrogen-bond donors (Lipinski definition) is 2. The summed E-state index contributed by atoms with van der Waals surface area (Å²) in [6.07, 6.45) is -0.166. The Balaban J connectivity index is 1.55. The van der Waals surface area contributed by atoms with E-state index in [9.17, 15) is 9.59 Å². The van der Waals surface area contributed by atoms with Crippen molar-refractivity contribution in [3.63, 3.8) is 0 Å². The zero-order valence-electron chi connectivity index (χ0n) is 15.8. The van der Waals surface area contributed by atoms with Crippen molar-refractivity contribution in [2.24, 2.45) is 5.73 Å². The standard InChI is InChI=1S/C23H24N2O3/c1-16(19-13-7-11-18-10-5-6-12-20(18)19)25-23(27)21(24)14-22(26)28-15-17-8-3-2-4-9-17/h2-13,16,21H,14-15,24H2,1H3,(H,25,27)/t16-,21-/m0/s1. The summed E-state index contributed by atoms with van der Waals surface area (Å²) < 4.78 is 5.20. The highest BCUT2D eigenvalue weighted by molar-refractivity contribution is 5.89. The maximum absolute atomic E-state index is 12.4. The van der Waals surface area contributed by atoms with Crippen molar-refractivity contribution >= 4 is 22.6 Å². The van der Waals surface area contributed by atoms with E-state index in [4.69, 9.17) is 10.5 Å². The summed E-state index contributed by atoms with van der Waals surface area (Å²) in [6, 6.07) is 22.1. The summed E-state index contributed by atoms with van der Waals surface area (Å²) in [7, 11) is 0. The molecule has 28 heavy (non-hydrogen) atoms.